The van der Waals surface area contributed by atoms with E-state index in [0.29, 0.717) is 12.5 Å². The fraction of sp³-hybridized carbons (Fsp3) is 0.389. The maximum Gasteiger partial charge on any atom is 0.163 e. The Morgan fingerprint density at radius 2 is 1.51 bits per heavy atom. The first kappa shape index (κ1) is 29.1. The first-order valence-corrected chi connectivity index (χ1v) is 15.6. The molecule has 0 aliphatic carbocycles. The lowest BCUT2D eigenvalue weighted by molar-refractivity contribution is 0.0593. The maximum atomic E-state index is 5.09. The van der Waals surface area contributed by atoms with Gasteiger partial charge in [0.2, 0.25) is 0 Å². The third kappa shape index (κ3) is 6.10. The Bertz CT molecular complexity index is 1540. The molecule has 7 heteroatoms. The Morgan fingerprint density at radius 1 is 0.837 bits per heavy atom. The number of likely N-dealkylation sites (tertiary alicyclic amines) is 1. The summed E-state index contributed by atoms with van der Waals surface area (Å²) in [7, 11) is 4.42. The fourth-order valence-electron chi connectivity index (χ4n) is 7.18. The van der Waals surface area contributed by atoms with Gasteiger partial charge < -0.3 is 9.47 Å². The first-order valence-electron chi connectivity index (χ1n) is 15.6. The minimum Gasteiger partial charge on any atom is -0.306 e. The summed E-state index contributed by atoms with van der Waals surface area (Å²) in [5.74, 6) is 1.38. The van der Waals surface area contributed by atoms with Crippen LogP contribution < -0.4 is 0 Å². The molecule has 7 nitrogen and oxygen atoms in total. The molecule has 43 heavy (non-hydrogen) atoms. The van der Waals surface area contributed by atoms with Gasteiger partial charge in [-0.1, -0.05) is 80.1 Å². The number of aromatic nitrogens is 5. The highest BCUT2D eigenvalue weighted by molar-refractivity contribution is 5.70. The zero-order valence-corrected chi connectivity index (χ0v) is 25.7. The van der Waals surface area contributed by atoms with E-state index in [2.05, 4.69) is 117 Å². The lowest BCUT2D eigenvalue weighted by Crippen LogP contribution is -2.52. The Hall–Kier alpha value is -3.94. The standard InChI is InChI=1S/C36H43N7/c1-28(24-36(29-15-7-4-8-16-29,30-17-9-5-10-18-30)42-21-13-6-14-22-42)33(41(2)3)23-34-40-32-25-37-27-39-35(32)43(34)26-31-19-11-12-20-38-31/h4-5,7-12,15-20,25,27-28,33H,6,13-14,21-24,26H2,1-3H3. The lowest BCUT2D eigenvalue weighted by atomic mass is 9.72. The van der Waals surface area contributed by atoms with Gasteiger partial charge in [-0.15, -0.1) is 0 Å². The van der Waals surface area contributed by atoms with Crippen LogP contribution in [0.5, 0.6) is 0 Å². The smallest absolute Gasteiger partial charge is 0.163 e. The molecule has 3 aromatic heterocycles. The van der Waals surface area contributed by atoms with E-state index < -0.39 is 0 Å². The Morgan fingerprint density at radius 3 is 2.14 bits per heavy atom. The third-order valence-electron chi connectivity index (χ3n) is 9.26. The molecule has 0 N–H and O–H groups in total. The largest absolute Gasteiger partial charge is 0.306 e. The van der Waals surface area contributed by atoms with Crippen LogP contribution in [0.25, 0.3) is 11.2 Å². The molecule has 1 fully saturated rings. The van der Waals surface area contributed by atoms with Gasteiger partial charge in [-0.05, 0) is 75.6 Å². The highest BCUT2D eigenvalue weighted by Gasteiger charge is 2.43. The predicted molar refractivity (Wildman–Crippen MR) is 173 cm³/mol. The summed E-state index contributed by atoms with van der Waals surface area (Å²) in [6.45, 7) is 5.29. The zero-order chi connectivity index (χ0) is 29.6. The molecule has 0 radical (unpaired) electrons. The zero-order valence-electron chi connectivity index (χ0n) is 25.7. The highest BCUT2D eigenvalue weighted by Crippen LogP contribution is 2.44. The summed E-state index contributed by atoms with van der Waals surface area (Å²) in [5.41, 5.74) is 5.23. The lowest BCUT2D eigenvalue weighted by Gasteiger charge is -2.49. The summed E-state index contributed by atoms with van der Waals surface area (Å²) < 4.78 is 2.23. The van der Waals surface area contributed by atoms with Gasteiger partial charge in [-0.2, -0.15) is 0 Å². The molecule has 0 amide bonds. The molecular weight excluding hydrogens is 530 g/mol. The highest BCUT2D eigenvalue weighted by atomic mass is 15.2. The number of imidazole rings is 1. The van der Waals surface area contributed by atoms with Crippen LogP contribution in [0.3, 0.4) is 0 Å². The number of hydrogen-bond acceptors (Lipinski definition) is 6. The average molecular weight is 574 g/mol. The van der Waals surface area contributed by atoms with Gasteiger partial charge in [0.25, 0.3) is 0 Å². The predicted octanol–water partition coefficient (Wildman–Crippen LogP) is 6.20. The van der Waals surface area contributed by atoms with E-state index >= 15 is 0 Å². The summed E-state index contributed by atoms with van der Waals surface area (Å²) in [6.07, 6.45) is 10.9. The topological polar surface area (TPSA) is 63.0 Å². The second-order valence-electron chi connectivity index (χ2n) is 12.2. The normalized spacial score (nSPS) is 16.0. The van der Waals surface area contributed by atoms with Gasteiger partial charge >= 0.3 is 0 Å². The molecule has 2 aromatic carbocycles. The molecule has 0 bridgehead atoms. The van der Waals surface area contributed by atoms with Crippen molar-refractivity contribution in [2.45, 2.75) is 57.2 Å². The first-order chi connectivity index (χ1) is 21.1. The van der Waals surface area contributed by atoms with Crippen LogP contribution in [0.2, 0.25) is 0 Å². The van der Waals surface area contributed by atoms with E-state index in [1.807, 2.05) is 24.5 Å². The van der Waals surface area contributed by atoms with Gasteiger partial charge in [-0.3, -0.25) is 9.88 Å². The average Bonchev–Trinajstić information content (AvgIpc) is 3.40. The van der Waals surface area contributed by atoms with E-state index in [4.69, 9.17) is 4.98 Å². The summed E-state index contributed by atoms with van der Waals surface area (Å²) >= 11 is 0. The van der Waals surface area contributed by atoms with Crippen molar-refractivity contribution in [1.29, 1.82) is 0 Å². The van der Waals surface area contributed by atoms with Gasteiger partial charge in [0.1, 0.15) is 17.7 Å². The monoisotopic (exact) mass is 573 g/mol. The second kappa shape index (κ2) is 13.1. The number of piperidine rings is 1. The van der Waals surface area contributed by atoms with Crippen LogP contribution in [0.15, 0.2) is 97.6 Å². The maximum absolute atomic E-state index is 5.09. The number of likely N-dealkylation sites (N-methyl/N-ethyl adjacent to an activating group) is 1. The molecule has 0 spiro atoms. The van der Waals surface area contributed by atoms with E-state index in [9.17, 15) is 0 Å². The molecule has 2 unspecified atom stereocenters. The number of benzene rings is 2. The summed E-state index contributed by atoms with van der Waals surface area (Å²) in [4.78, 5) is 23.8. The van der Waals surface area contributed by atoms with E-state index in [1.165, 1.54) is 30.4 Å². The number of fused-ring (bicyclic) bond motifs is 1. The fourth-order valence-corrected chi connectivity index (χ4v) is 7.18. The number of pyridine rings is 1. The van der Waals surface area contributed by atoms with Crippen LogP contribution in [0.1, 0.15) is 55.3 Å². The van der Waals surface area contributed by atoms with Crippen molar-refractivity contribution in [3.8, 4) is 0 Å². The second-order valence-corrected chi connectivity index (χ2v) is 12.2. The van der Waals surface area contributed by atoms with Crippen LogP contribution in [-0.2, 0) is 18.5 Å². The molecule has 4 heterocycles. The molecule has 2 atom stereocenters. The molecule has 0 saturated carbocycles. The molecule has 222 valence electrons. The van der Waals surface area contributed by atoms with Crippen molar-refractivity contribution < 1.29 is 0 Å². The van der Waals surface area contributed by atoms with Crippen molar-refractivity contribution in [3.05, 3.63) is 120 Å². The van der Waals surface area contributed by atoms with Crippen molar-refractivity contribution in [1.82, 2.24) is 34.3 Å². The Labute approximate surface area is 255 Å². The third-order valence-corrected chi connectivity index (χ3v) is 9.26. The quantitative estimate of drug-likeness (QED) is 0.188. The number of nitrogens with zero attached hydrogens (tertiary/aromatic N) is 7. The number of rotatable bonds is 11. The van der Waals surface area contributed by atoms with Gasteiger partial charge in [0, 0.05) is 18.7 Å². The molecule has 1 saturated heterocycles. The summed E-state index contributed by atoms with van der Waals surface area (Å²) in [6, 6.07) is 28.7. The van der Waals surface area contributed by atoms with Gasteiger partial charge in [0.05, 0.1) is 24.0 Å². The summed E-state index contributed by atoms with van der Waals surface area (Å²) in [5, 5.41) is 0. The van der Waals surface area contributed by atoms with Crippen molar-refractivity contribution in [2.24, 2.45) is 5.92 Å². The molecule has 5 aromatic rings. The van der Waals surface area contributed by atoms with E-state index in [-0.39, 0.29) is 11.6 Å². The van der Waals surface area contributed by atoms with Crippen LogP contribution in [-0.4, -0.2) is 67.5 Å². The van der Waals surface area contributed by atoms with Crippen molar-refractivity contribution in [3.63, 3.8) is 0 Å². The Kier molecular flexibility index (Phi) is 8.91. The molecule has 1 aliphatic heterocycles. The van der Waals surface area contributed by atoms with E-state index in [1.54, 1.807) is 6.33 Å². The molecule has 6 rings (SSSR count). The van der Waals surface area contributed by atoms with E-state index in [0.717, 1.165) is 48.6 Å². The van der Waals surface area contributed by atoms with Gasteiger partial charge in [-0.25, -0.2) is 15.0 Å². The van der Waals surface area contributed by atoms with Gasteiger partial charge in [0.15, 0.2) is 5.65 Å². The number of hydrogen-bond donors (Lipinski definition) is 0. The van der Waals surface area contributed by atoms with Crippen molar-refractivity contribution in [2.75, 3.05) is 27.2 Å². The van der Waals surface area contributed by atoms with Crippen LogP contribution in [0.4, 0.5) is 0 Å². The minimum atomic E-state index is -0.212. The van der Waals surface area contributed by atoms with Crippen molar-refractivity contribution >= 4 is 11.2 Å². The van der Waals surface area contributed by atoms with Crippen LogP contribution >= 0.6 is 0 Å². The molecule has 1 aliphatic rings. The van der Waals surface area contributed by atoms with Crippen LogP contribution in [0, 0.1) is 5.92 Å². The Balaban J connectivity index is 1.39. The minimum absolute atomic E-state index is 0.212. The molecular formula is C36H43N7. The SMILES string of the molecule is CC(CC(c1ccccc1)(c1ccccc1)N1CCCCC1)C(Cc1nc2cncnc2n1Cc1ccccn1)N(C)C.